The Morgan fingerprint density at radius 2 is 1.92 bits per heavy atom. The van der Waals surface area contributed by atoms with E-state index in [4.69, 9.17) is 16.3 Å². The van der Waals surface area contributed by atoms with Crippen LogP contribution >= 0.6 is 11.6 Å². The van der Waals surface area contributed by atoms with E-state index in [1.54, 1.807) is 48.8 Å². The molecule has 1 amide bonds. The van der Waals surface area contributed by atoms with Gasteiger partial charge in [-0.2, -0.15) is 0 Å². The Kier molecular flexibility index (Phi) is 7.48. The molecule has 0 aliphatic heterocycles. The predicted octanol–water partition coefficient (Wildman–Crippen LogP) is 2.90. The number of benzene rings is 1. The minimum Gasteiger partial charge on any atom is -0.479 e. The van der Waals surface area contributed by atoms with Crippen molar-refractivity contribution < 1.29 is 14.3 Å². The van der Waals surface area contributed by atoms with E-state index in [-0.39, 0.29) is 37.7 Å². The highest BCUT2D eigenvalue weighted by atomic mass is 35.5. The Morgan fingerprint density at radius 1 is 1.12 bits per heavy atom. The largest absolute Gasteiger partial charge is 0.479 e. The van der Waals surface area contributed by atoms with Gasteiger partial charge in [-0.15, -0.1) is 0 Å². The summed E-state index contributed by atoms with van der Waals surface area (Å²) in [5.74, 6) is 5.90. The molecule has 0 aliphatic rings. The second-order valence-electron chi connectivity index (χ2n) is 5.04. The summed E-state index contributed by atoms with van der Waals surface area (Å²) in [6.07, 6.45) is 3.52. The van der Waals surface area contributed by atoms with Crippen LogP contribution in [0.5, 0.6) is 5.75 Å². The molecule has 1 aromatic heterocycles. The first-order valence-corrected chi connectivity index (χ1v) is 8.07. The van der Waals surface area contributed by atoms with Crippen molar-refractivity contribution in [3.8, 4) is 17.6 Å². The summed E-state index contributed by atoms with van der Waals surface area (Å²) in [5.41, 5.74) is 0.546. The van der Waals surface area contributed by atoms with Gasteiger partial charge in [-0.1, -0.05) is 23.4 Å². The summed E-state index contributed by atoms with van der Waals surface area (Å²) >= 11 is 5.77. The van der Waals surface area contributed by atoms with Crippen LogP contribution in [0, 0.1) is 11.8 Å². The SMILES string of the molecule is O=C(CCC(=O)c1ccc(Cl)cc1)NCC#CCOc1cccnc1. The third-order valence-corrected chi connectivity index (χ3v) is 3.44. The molecule has 0 spiro atoms. The fraction of sp³-hybridized carbons (Fsp3) is 0.211. The number of pyridine rings is 1. The third kappa shape index (κ3) is 7.06. The molecule has 1 N–H and O–H groups in total. The highest BCUT2D eigenvalue weighted by Crippen LogP contribution is 2.11. The molecule has 0 atom stereocenters. The molecule has 0 fully saturated rings. The summed E-state index contributed by atoms with van der Waals surface area (Å²) in [4.78, 5) is 27.6. The quantitative estimate of drug-likeness (QED) is 0.612. The van der Waals surface area contributed by atoms with Gasteiger partial charge in [-0.05, 0) is 36.4 Å². The van der Waals surface area contributed by atoms with Gasteiger partial charge in [-0.25, -0.2) is 0 Å². The first kappa shape index (κ1) is 18.5. The maximum absolute atomic E-state index is 11.9. The summed E-state index contributed by atoms with van der Waals surface area (Å²) < 4.78 is 5.35. The zero-order valence-corrected chi connectivity index (χ0v) is 14.3. The summed E-state index contributed by atoms with van der Waals surface area (Å²) in [5, 5.41) is 3.21. The molecule has 0 unspecified atom stereocenters. The Bertz CT molecular complexity index is 765. The third-order valence-electron chi connectivity index (χ3n) is 3.19. The molecule has 0 bridgehead atoms. The smallest absolute Gasteiger partial charge is 0.221 e. The van der Waals surface area contributed by atoms with Gasteiger partial charge >= 0.3 is 0 Å². The van der Waals surface area contributed by atoms with Crippen molar-refractivity contribution >= 4 is 23.3 Å². The van der Waals surface area contributed by atoms with Crippen LogP contribution in [0.2, 0.25) is 5.02 Å². The summed E-state index contributed by atoms with van der Waals surface area (Å²) in [7, 11) is 0. The molecular formula is C19H17ClN2O3. The van der Waals surface area contributed by atoms with E-state index < -0.39 is 0 Å². The molecule has 2 aromatic rings. The number of nitrogens with zero attached hydrogens (tertiary/aromatic N) is 1. The number of ketones is 1. The van der Waals surface area contributed by atoms with Gasteiger partial charge in [0.15, 0.2) is 5.78 Å². The second-order valence-corrected chi connectivity index (χ2v) is 5.47. The van der Waals surface area contributed by atoms with Gasteiger partial charge in [0, 0.05) is 29.6 Å². The number of ether oxygens (including phenoxy) is 1. The number of carbonyl (C=O) groups is 2. The lowest BCUT2D eigenvalue weighted by Gasteiger charge is -2.02. The van der Waals surface area contributed by atoms with Crippen molar-refractivity contribution in [1.82, 2.24) is 10.3 Å². The molecule has 2 rings (SSSR count). The highest BCUT2D eigenvalue weighted by molar-refractivity contribution is 6.30. The van der Waals surface area contributed by atoms with Crippen molar-refractivity contribution in [2.45, 2.75) is 12.8 Å². The minimum absolute atomic E-state index is 0.0947. The number of hydrogen-bond donors (Lipinski definition) is 1. The molecule has 0 radical (unpaired) electrons. The van der Waals surface area contributed by atoms with Crippen LogP contribution < -0.4 is 10.1 Å². The van der Waals surface area contributed by atoms with Crippen LogP contribution in [0.25, 0.3) is 0 Å². The van der Waals surface area contributed by atoms with Crippen molar-refractivity contribution in [3.05, 3.63) is 59.4 Å². The molecule has 1 heterocycles. The Morgan fingerprint density at radius 3 is 2.64 bits per heavy atom. The standard InChI is InChI=1S/C19H17ClN2O3/c20-16-7-5-15(6-8-16)18(23)9-10-19(24)22-12-1-2-13-25-17-4-3-11-21-14-17/h3-8,11,14H,9-10,12-13H2,(H,22,24). The highest BCUT2D eigenvalue weighted by Gasteiger charge is 2.08. The van der Waals surface area contributed by atoms with Gasteiger partial charge in [0.05, 0.1) is 12.7 Å². The first-order valence-electron chi connectivity index (χ1n) is 7.69. The number of nitrogens with one attached hydrogen (secondary N) is 1. The summed E-state index contributed by atoms with van der Waals surface area (Å²) in [6.45, 7) is 0.432. The molecule has 0 saturated carbocycles. The molecule has 25 heavy (non-hydrogen) atoms. The minimum atomic E-state index is -0.218. The van der Waals surface area contributed by atoms with Crippen LogP contribution in [0.3, 0.4) is 0 Å². The lowest BCUT2D eigenvalue weighted by atomic mass is 10.1. The number of aromatic nitrogens is 1. The molecule has 1 aromatic carbocycles. The molecule has 5 nitrogen and oxygen atoms in total. The maximum Gasteiger partial charge on any atom is 0.221 e. The van der Waals surface area contributed by atoms with Crippen molar-refractivity contribution in [1.29, 1.82) is 0 Å². The van der Waals surface area contributed by atoms with E-state index in [1.807, 2.05) is 0 Å². The Hall–Kier alpha value is -2.84. The number of amides is 1. The molecule has 0 saturated heterocycles. The first-order chi connectivity index (χ1) is 12.1. The average Bonchev–Trinajstić information content (AvgIpc) is 2.64. The topological polar surface area (TPSA) is 68.3 Å². The van der Waals surface area contributed by atoms with E-state index in [0.29, 0.717) is 16.3 Å². The van der Waals surface area contributed by atoms with E-state index in [9.17, 15) is 9.59 Å². The van der Waals surface area contributed by atoms with Crippen LogP contribution in [-0.2, 0) is 4.79 Å². The maximum atomic E-state index is 11.9. The summed E-state index contributed by atoms with van der Waals surface area (Å²) in [6, 6.07) is 10.2. The number of carbonyl (C=O) groups excluding carboxylic acids is 2. The van der Waals surface area contributed by atoms with Gasteiger partial charge in [0.2, 0.25) is 5.91 Å². The number of rotatable bonds is 7. The van der Waals surface area contributed by atoms with Gasteiger partial charge < -0.3 is 10.1 Å². The number of hydrogen-bond acceptors (Lipinski definition) is 4. The normalized spacial score (nSPS) is 9.64. The van der Waals surface area contributed by atoms with Crippen LogP contribution in [0.4, 0.5) is 0 Å². The molecule has 6 heteroatoms. The zero-order chi connectivity index (χ0) is 17.9. The van der Waals surface area contributed by atoms with Crippen LogP contribution in [0.1, 0.15) is 23.2 Å². The zero-order valence-electron chi connectivity index (χ0n) is 13.5. The van der Waals surface area contributed by atoms with Crippen molar-refractivity contribution in [2.75, 3.05) is 13.2 Å². The lowest BCUT2D eigenvalue weighted by Crippen LogP contribution is -2.24. The van der Waals surface area contributed by atoms with E-state index in [1.165, 1.54) is 0 Å². The monoisotopic (exact) mass is 356 g/mol. The average molecular weight is 357 g/mol. The van der Waals surface area contributed by atoms with Crippen LogP contribution in [-0.4, -0.2) is 29.8 Å². The second kappa shape index (κ2) is 10.1. The van der Waals surface area contributed by atoms with Gasteiger partial charge in [0.25, 0.3) is 0 Å². The fourth-order valence-corrected chi connectivity index (χ4v) is 2.03. The van der Waals surface area contributed by atoms with Gasteiger partial charge in [0.1, 0.15) is 12.4 Å². The van der Waals surface area contributed by atoms with Crippen molar-refractivity contribution in [3.63, 3.8) is 0 Å². The predicted molar refractivity (Wildman–Crippen MR) is 95.5 cm³/mol. The molecule has 0 aliphatic carbocycles. The van der Waals surface area contributed by atoms with E-state index in [2.05, 4.69) is 22.1 Å². The van der Waals surface area contributed by atoms with Gasteiger partial charge in [-0.3, -0.25) is 14.6 Å². The number of halogens is 1. The molecular weight excluding hydrogens is 340 g/mol. The Balaban J connectivity index is 1.62. The molecule has 128 valence electrons. The van der Waals surface area contributed by atoms with Crippen molar-refractivity contribution in [2.24, 2.45) is 0 Å². The van der Waals surface area contributed by atoms with Crippen LogP contribution in [0.15, 0.2) is 48.8 Å². The number of Topliss-reactive ketones (excluding diaryl/α,β-unsaturated/α-hetero) is 1. The van der Waals surface area contributed by atoms with E-state index >= 15 is 0 Å². The lowest BCUT2D eigenvalue weighted by molar-refractivity contribution is -0.120. The Labute approximate surface area is 151 Å². The van der Waals surface area contributed by atoms with E-state index in [0.717, 1.165) is 0 Å². The fourth-order valence-electron chi connectivity index (χ4n) is 1.90.